The smallest absolute Gasteiger partial charge is 0.00228 e. The Kier molecular flexibility index (Phi) is 3.79. The van der Waals surface area contributed by atoms with Crippen molar-refractivity contribution in [3.05, 3.63) is 35.9 Å². The van der Waals surface area contributed by atoms with Crippen molar-refractivity contribution < 1.29 is 0 Å². The van der Waals surface area contributed by atoms with E-state index in [2.05, 4.69) is 42.6 Å². The van der Waals surface area contributed by atoms with E-state index in [-0.39, 0.29) is 0 Å². The van der Waals surface area contributed by atoms with Crippen LogP contribution in [0.25, 0.3) is 0 Å². The average molecular weight is 203 g/mol. The number of hydrogen-bond acceptors (Lipinski definition) is 1. The van der Waals surface area contributed by atoms with Crippen LogP contribution in [0.5, 0.6) is 0 Å². The zero-order valence-electron chi connectivity index (χ0n) is 9.58. The van der Waals surface area contributed by atoms with Crippen LogP contribution in [0.15, 0.2) is 30.3 Å². The lowest BCUT2D eigenvalue weighted by Gasteiger charge is -2.17. The molecule has 0 aliphatic heterocycles. The first-order valence-electron chi connectivity index (χ1n) is 6.17. The van der Waals surface area contributed by atoms with Gasteiger partial charge in [-0.3, -0.25) is 0 Å². The van der Waals surface area contributed by atoms with Crippen molar-refractivity contribution in [3.63, 3.8) is 0 Å². The Morgan fingerprint density at radius 3 is 2.60 bits per heavy atom. The Bertz CT molecular complexity index is 277. The standard InChI is InChI=1S/C14H21N/c1-2-10-15-11-14(13-8-9-13)12-6-4-3-5-7-12/h3-7,13-15H,2,8-11H2,1H3. The van der Waals surface area contributed by atoms with Gasteiger partial charge in [-0.05, 0) is 43.2 Å². The molecule has 1 fully saturated rings. The summed E-state index contributed by atoms with van der Waals surface area (Å²) in [5.41, 5.74) is 1.52. The molecule has 0 radical (unpaired) electrons. The van der Waals surface area contributed by atoms with Crippen LogP contribution in [0.1, 0.15) is 37.7 Å². The van der Waals surface area contributed by atoms with Crippen molar-refractivity contribution in [2.24, 2.45) is 5.92 Å². The van der Waals surface area contributed by atoms with Crippen LogP contribution >= 0.6 is 0 Å². The lowest BCUT2D eigenvalue weighted by atomic mass is 9.94. The summed E-state index contributed by atoms with van der Waals surface area (Å²) in [5.74, 6) is 1.69. The predicted octanol–water partition coefficient (Wildman–Crippen LogP) is 3.18. The topological polar surface area (TPSA) is 12.0 Å². The van der Waals surface area contributed by atoms with Crippen LogP contribution in [0.2, 0.25) is 0 Å². The largest absolute Gasteiger partial charge is 0.316 e. The fourth-order valence-electron chi connectivity index (χ4n) is 2.19. The van der Waals surface area contributed by atoms with Gasteiger partial charge in [0.1, 0.15) is 0 Å². The van der Waals surface area contributed by atoms with E-state index in [9.17, 15) is 0 Å². The monoisotopic (exact) mass is 203 g/mol. The van der Waals surface area contributed by atoms with E-state index in [1.807, 2.05) is 0 Å². The van der Waals surface area contributed by atoms with Crippen LogP contribution in [0.3, 0.4) is 0 Å². The summed E-state index contributed by atoms with van der Waals surface area (Å²) in [5, 5.41) is 3.55. The number of hydrogen-bond donors (Lipinski definition) is 1. The van der Waals surface area contributed by atoms with Gasteiger partial charge in [-0.1, -0.05) is 37.3 Å². The molecule has 0 aromatic heterocycles. The van der Waals surface area contributed by atoms with E-state index < -0.39 is 0 Å². The first kappa shape index (κ1) is 10.7. The van der Waals surface area contributed by atoms with Gasteiger partial charge in [-0.2, -0.15) is 0 Å². The van der Waals surface area contributed by atoms with Crippen molar-refractivity contribution in [1.29, 1.82) is 0 Å². The molecule has 1 atom stereocenters. The Balaban J connectivity index is 1.94. The summed E-state index contributed by atoms with van der Waals surface area (Å²) in [4.78, 5) is 0. The van der Waals surface area contributed by atoms with Gasteiger partial charge in [0.05, 0.1) is 0 Å². The summed E-state index contributed by atoms with van der Waals surface area (Å²) in [6, 6.07) is 11.0. The molecule has 1 aliphatic carbocycles. The Morgan fingerprint density at radius 1 is 1.27 bits per heavy atom. The van der Waals surface area contributed by atoms with Gasteiger partial charge < -0.3 is 5.32 Å². The Morgan fingerprint density at radius 2 is 2.00 bits per heavy atom. The third-order valence-electron chi connectivity index (χ3n) is 3.21. The lowest BCUT2D eigenvalue weighted by Crippen LogP contribution is -2.23. The summed E-state index contributed by atoms with van der Waals surface area (Å²) in [6.45, 7) is 4.53. The van der Waals surface area contributed by atoms with Crippen molar-refractivity contribution >= 4 is 0 Å². The maximum absolute atomic E-state index is 3.55. The maximum atomic E-state index is 3.55. The van der Waals surface area contributed by atoms with E-state index in [0.29, 0.717) is 0 Å². The van der Waals surface area contributed by atoms with Crippen molar-refractivity contribution in [1.82, 2.24) is 5.32 Å². The molecule has 0 bridgehead atoms. The van der Waals surface area contributed by atoms with Gasteiger partial charge in [0.25, 0.3) is 0 Å². The molecule has 1 heteroatoms. The van der Waals surface area contributed by atoms with Gasteiger partial charge in [-0.15, -0.1) is 0 Å². The SMILES string of the molecule is CCCNCC(c1ccccc1)C1CC1. The zero-order chi connectivity index (χ0) is 10.5. The van der Waals surface area contributed by atoms with Gasteiger partial charge in [0, 0.05) is 6.54 Å². The van der Waals surface area contributed by atoms with Crippen LogP contribution in [0, 0.1) is 5.92 Å². The zero-order valence-corrected chi connectivity index (χ0v) is 9.58. The van der Waals surface area contributed by atoms with Crippen molar-refractivity contribution in [2.75, 3.05) is 13.1 Å². The number of nitrogens with one attached hydrogen (secondary N) is 1. The van der Waals surface area contributed by atoms with Crippen LogP contribution in [0.4, 0.5) is 0 Å². The normalized spacial score (nSPS) is 17.7. The molecular formula is C14H21N. The van der Waals surface area contributed by atoms with Crippen molar-refractivity contribution in [2.45, 2.75) is 32.1 Å². The highest BCUT2D eigenvalue weighted by atomic mass is 14.9. The molecule has 2 rings (SSSR count). The second-order valence-electron chi connectivity index (χ2n) is 4.56. The summed E-state index contributed by atoms with van der Waals surface area (Å²) in [6.07, 6.45) is 4.08. The summed E-state index contributed by atoms with van der Waals surface area (Å²) < 4.78 is 0. The third-order valence-corrected chi connectivity index (χ3v) is 3.21. The molecule has 1 aliphatic rings. The van der Waals surface area contributed by atoms with Gasteiger partial charge in [-0.25, -0.2) is 0 Å². The lowest BCUT2D eigenvalue weighted by molar-refractivity contribution is 0.534. The molecule has 1 unspecified atom stereocenters. The molecule has 0 amide bonds. The molecule has 0 saturated heterocycles. The number of rotatable bonds is 6. The van der Waals surface area contributed by atoms with Gasteiger partial charge in [0.15, 0.2) is 0 Å². The molecule has 82 valence electrons. The fraction of sp³-hybridized carbons (Fsp3) is 0.571. The second-order valence-corrected chi connectivity index (χ2v) is 4.56. The summed E-state index contributed by atoms with van der Waals surface area (Å²) >= 11 is 0. The first-order chi connectivity index (χ1) is 7.42. The van der Waals surface area contributed by atoms with Gasteiger partial charge in [0.2, 0.25) is 0 Å². The molecule has 0 heterocycles. The van der Waals surface area contributed by atoms with E-state index in [1.54, 1.807) is 0 Å². The van der Waals surface area contributed by atoms with Crippen LogP contribution in [-0.4, -0.2) is 13.1 Å². The molecule has 1 aromatic rings. The first-order valence-corrected chi connectivity index (χ1v) is 6.17. The highest BCUT2D eigenvalue weighted by molar-refractivity contribution is 5.22. The Hall–Kier alpha value is -0.820. The molecule has 1 saturated carbocycles. The van der Waals surface area contributed by atoms with E-state index >= 15 is 0 Å². The molecule has 0 spiro atoms. The average Bonchev–Trinajstić information content (AvgIpc) is 3.10. The molecule has 1 N–H and O–H groups in total. The highest BCUT2D eigenvalue weighted by Gasteiger charge is 2.31. The van der Waals surface area contributed by atoms with E-state index in [1.165, 1.54) is 24.8 Å². The quantitative estimate of drug-likeness (QED) is 0.700. The van der Waals surface area contributed by atoms with E-state index in [4.69, 9.17) is 0 Å². The summed E-state index contributed by atoms with van der Waals surface area (Å²) in [7, 11) is 0. The molecule has 15 heavy (non-hydrogen) atoms. The molecule has 1 nitrogen and oxygen atoms in total. The minimum absolute atomic E-state index is 0.748. The van der Waals surface area contributed by atoms with Crippen LogP contribution in [-0.2, 0) is 0 Å². The minimum atomic E-state index is 0.748. The fourth-order valence-corrected chi connectivity index (χ4v) is 2.19. The second kappa shape index (κ2) is 5.32. The predicted molar refractivity (Wildman–Crippen MR) is 65.1 cm³/mol. The minimum Gasteiger partial charge on any atom is -0.316 e. The third kappa shape index (κ3) is 3.07. The maximum Gasteiger partial charge on any atom is 0.00228 e. The molecular weight excluding hydrogens is 182 g/mol. The highest BCUT2D eigenvalue weighted by Crippen LogP contribution is 2.42. The Labute approximate surface area is 92.9 Å². The number of benzene rings is 1. The van der Waals surface area contributed by atoms with Crippen LogP contribution < -0.4 is 5.32 Å². The van der Waals surface area contributed by atoms with Gasteiger partial charge >= 0.3 is 0 Å². The van der Waals surface area contributed by atoms with E-state index in [0.717, 1.165) is 24.9 Å². The van der Waals surface area contributed by atoms with Crippen molar-refractivity contribution in [3.8, 4) is 0 Å². The molecule has 1 aromatic carbocycles.